The van der Waals surface area contributed by atoms with E-state index in [4.69, 9.17) is 5.73 Å². The Morgan fingerprint density at radius 2 is 1.90 bits per heavy atom. The first-order valence-electron chi connectivity index (χ1n) is 2.84. The fourth-order valence-electron chi connectivity index (χ4n) is 0.501. The average molecular weight is 173 g/mol. The predicted octanol–water partition coefficient (Wildman–Crippen LogP) is 1.58. The molecule has 0 aromatic carbocycles. The van der Waals surface area contributed by atoms with Crippen molar-refractivity contribution >= 4 is 12.6 Å². The van der Waals surface area contributed by atoms with Crippen LogP contribution in [0.3, 0.4) is 0 Å². The summed E-state index contributed by atoms with van der Waals surface area (Å²) in [6.45, 7) is 1.58. The summed E-state index contributed by atoms with van der Waals surface area (Å²) in [7, 11) is 0. The van der Waals surface area contributed by atoms with Crippen molar-refractivity contribution in [3.63, 3.8) is 0 Å². The maximum Gasteiger partial charge on any atom is 0.403 e. The lowest BCUT2D eigenvalue weighted by atomic mass is 10.2. The molecule has 10 heavy (non-hydrogen) atoms. The molecule has 1 nitrogen and oxygen atoms in total. The first-order chi connectivity index (χ1) is 4.34. The van der Waals surface area contributed by atoms with E-state index in [-0.39, 0.29) is 11.7 Å². The van der Waals surface area contributed by atoms with E-state index in [0.29, 0.717) is 0 Å². The summed E-state index contributed by atoms with van der Waals surface area (Å²) in [5.41, 5.74) is 4.78. The van der Waals surface area contributed by atoms with Gasteiger partial charge in [-0.1, -0.05) is 6.92 Å². The minimum absolute atomic E-state index is 0.132. The molecule has 62 valence electrons. The topological polar surface area (TPSA) is 26.0 Å². The third-order valence-electron chi connectivity index (χ3n) is 1.02. The molecule has 0 aromatic rings. The number of thiol groups is 1. The summed E-state index contributed by atoms with van der Waals surface area (Å²) in [4.78, 5) is 0. The number of rotatable bonds is 2. The van der Waals surface area contributed by atoms with Gasteiger partial charge in [0.15, 0.2) is 0 Å². The van der Waals surface area contributed by atoms with Crippen LogP contribution in [0.15, 0.2) is 0 Å². The Morgan fingerprint density at radius 3 is 2.00 bits per heavy atom. The van der Waals surface area contributed by atoms with Gasteiger partial charge in [-0.25, -0.2) is 0 Å². The van der Waals surface area contributed by atoms with Crippen molar-refractivity contribution in [3.05, 3.63) is 0 Å². The normalized spacial score (nSPS) is 18.6. The second-order valence-corrected chi connectivity index (χ2v) is 3.11. The van der Waals surface area contributed by atoms with E-state index in [1.807, 2.05) is 0 Å². The SMILES string of the molecule is CC(S)CC(N)C(F)(F)F. The highest BCUT2D eigenvalue weighted by molar-refractivity contribution is 7.80. The first-order valence-corrected chi connectivity index (χ1v) is 3.36. The molecule has 0 aliphatic rings. The second-order valence-electron chi connectivity index (χ2n) is 2.23. The summed E-state index contributed by atoms with van der Waals surface area (Å²) in [5, 5.41) is -0.309. The fourth-order valence-corrected chi connectivity index (χ4v) is 0.728. The van der Waals surface area contributed by atoms with Gasteiger partial charge in [0.2, 0.25) is 0 Å². The fraction of sp³-hybridized carbons (Fsp3) is 1.00. The molecule has 0 fully saturated rings. The Bertz CT molecular complexity index is 102. The van der Waals surface area contributed by atoms with Gasteiger partial charge < -0.3 is 5.73 Å². The molecule has 0 spiro atoms. The predicted molar refractivity (Wildman–Crippen MR) is 37.1 cm³/mol. The van der Waals surface area contributed by atoms with Crippen LogP contribution in [-0.2, 0) is 0 Å². The molecule has 0 rings (SSSR count). The number of halogens is 3. The van der Waals surface area contributed by atoms with Gasteiger partial charge in [-0.3, -0.25) is 0 Å². The molecule has 0 aromatic heterocycles. The van der Waals surface area contributed by atoms with E-state index in [0.717, 1.165) is 0 Å². The van der Waals surface area contributed by atoms with Crippen molar-refractivity contribution < 1.29 is 13.2 Å². The van der Waals surface area contributed by atoms with Gasteiger partial charge in [0.1, 0.15) is 6.04 Å². The molecule has 0 amide bonds. The summed E-state index contributed by atoms with van der Waals surface area (Å²) < 4.78 is 35.0. The number of hydrogen-bond acceptors (Lipinski definition) is 2. The highest BCUT2D eigenvalue weighted by atomic mass is 32.1. The highest BCUT2D eigenvalue weighted by Gasteiger charge is 2.36. The molecule has 2 unspecified atom stereocenters. The Morgan fingerprint density at radius 1 is 1.50 bits per heavy atom. The van der Waals surface area contributed by atoms with Crippen LogP contribution in [-0.4, -0.2) is 17.5 Å². The van der Waals surface area contributed by atoms with E-state index in [9.17, 15) is 13.2 Å². The lowest BCUT2D eigenvalue weighted by molar-refractivity contribution is -0.148. The van der Waals surface area contributed by atoms with Crippen LogP contribution in [0.5, 0.6) is 0 Å². The van der Waals surface area contributed by atoms with E-state index in [1.165, 1.54) is 0 Å². The maximum absolute atomic E-state index is 11.7. The molecule has 0 aliphatic heterocycles. The van der Waals surface area contributed by atoms with Gasteiger partial charge in [-0.05, 0) is 6.42 Å². The summed E-state index contributed by atoms with van der Waals surface area (Å²) in [6.07, 6.45) is -4.41. The van der Waals surface area contributed by atoms with E-state index in [1.54, 1.807) is 6.92 Å². The van der Waals surface area contributed by atoms with Crippen LogP contribution in [0.1, 0.15) is 13.3 Å². The van der Waals surface area contributed by atoms with Crippen LogP contribution in [0.4, 0.5) is 13.2 Å². The lowest BCUT2D eigenvalue weighted by Gasteiger charge is -2.16. The monoisotopic (exact) mass is 173 g/mol. The van der Waals surface area contributed by atoms with E-state index in [2.05, 4.69) is 12.6 Å². The summed E-state index contributed by atoms with van der Waals surface area (Å²) >= 11 is 3.79. The molecule has 5 heteroatoms. The van der Waals surface area contributed by atoms with E-state index < -0.39 is 12.2 Å². The molecule has 0 radical (unpaired) electrons. The smallest absolute Gasteiger partial charge is 0.320 e. The molecular weight excluding hydrogens is 163 g/mol. The van der Waals surface area contributed by atoms with Gasteiger partial charge >= 0.3 is 6.18 Å². The summed E-state index contributed by atoms with van der Waals surface area (Å²) in [5.74, 6) is 0. The van der Waals surface area contributed by atoms with Crippen LogP contribution >= 0.6 is 12.6 Å². The molecule has 2 atom stereocenters. The van der Waals surface area contributed by atoms with Crippen LogP contribution in [0, 0.1) is 0 Å². The third-order valence-corrected chi connectivity index (χ3v) is 1.23. The molecule has 2 N–H and O–H groups in total. The maximum atomic E-state index is 11.7. The van der Waals surface area contributed by atoms with Crippen molar-refractivity contribution in [2.24, 2.45) is 5.73 Å². The Kier molecular flexibility index (Phi) is 3.51. The minimum atomic E-state index is -4.28. The second kappa shape index (κ2) is 3.48. The quantitative estimate of drug-likeness (QED) is 0.609. The van der Waals surface area contributed by atoms with Crippen molar-refractivity contribution in [1.82, 2.24) is 0 Å². The van der Waals surface area contributed by atoms with Crippen molar-refractivity contribution in [3.8, 4) is 0 Å². The van der Waals surface area contributed by atoms with Gasteiger partial charge in [-0.15, -0.1) is 0 Å². The molecule has 0 heterocycles. The first kappa shape index (κ1) is 10.1. The number of hydrogen-bond donors (Lipinski definition) is 2. The van der Waals surface area contributed by atoms with Crippen LogP contribution < -0.4 is 5.73 Å². The van der Waals surface area contributed by atoms with Crippen LogP contribution in [0.2, 0.25) is 0 Å². The third kappa shape index (κ3) is 4.00. The number of alkyl halides is 3. The Labute approximate surface area is 63.2 Å². The molecule has 0 bridgehead atoms. The largest absolute Gasteiger partial charge is 0.403 e. The van der Waals surface area contributed by atoms with Crippen LogP contribution in [0.25, 0.3) is 0 Å². The Balaban J connectivity index is 3.73. The average Bonchev–Trinajstić information content (AvgIpc) is 1.60. The van der Waals surface area contributed by atoms with Gasteiger partial charge in [0, 0.05) is 5.25 Å². The van der Waals surface area contributed by atoms with Gasteiger partial charge in [0.25, 0.3) is 0 Å². The van der Waals surface area contributed by atoms with Crippen molar-refractivity contribution in [1.29, 1.82) is 0 Å². The van der Waals surface area contributed by atoms with Gasteiger partial charge in [0.05, 0.1) is 0 Å². The molecule has 0 saturated heterocycles. The standard InChI is InChI=1S/C5H10F3NS/c1-3(10)2-4(9)5(6,7)8/h3-4,10H,2,9H2,1H3. The Hall–Kier alpha value is 0.100. The van der Waals surface area contributed by atoms with Crippen molar-refractivity contribution in [2.45, 2.75) is 30.8 Å². The number of nitrogens with two attached hydrogens (primary N) is 1. The minimum Gasteiger partial charge on any atom is -0.320 e. The highest BCUT2D eigenvalue weighted by Crippen LogP contribution is 2.22. The zero-order valence-corrected chi connectivity index (χ0v) is 6.41. The zero-order valence-electron chi connectivity index (χ0n) is 5.52. The molecular formula is C5H10F3NS. The lowest BCUT2D eigenvalue weighted by Crippen LogP contribution is -2.38. The zero-order chi connectivity index (χ0) is 8.36. The van der Waals surface area contributed by atoms with Gasteiger partial charge in [-0.2, -0.15) is 25.8 Å². The molecule has 0 aliphatic carbocycles. The summed E-state index contributed by atoms with van der Waals surface area (Å²) in [6, 6.07) is -1.74. The van der Waals surface area contributed by atoms with Crippen molar-refractivity contribution in [2.75, 3.05) is 0 Å². The van der Waals surface area contributed by atoms with E-state index >= 15 is 0 Å². The molecule has 0 saturated carbocycles.